The van der Waals surface area contributed by atoms with Crippen molar-refractivity contribution in [3.05, 3.63) is 59.2 Å². The molecule has 2 atom stereocenters. The third kappa shape index (κ3) is 5.19. The Morgan fingerprint density at radius 2 is 1.97 bits per heavy atom. The third-order valence-electron chi connectivity index (χ3n) is 6.04. The van der Waals surface area contributed by atoms with E-state index >= 15 is 0 Å². The summed E-state index contributed by atoms with van der Waals surface area (Å²) in [6, 6.07) is 9.20. The van der Waals surface area contributed by atoms with E-state index in [1.54, 1.807) is 0 Å². The Bertz CT molecular complexity index is 970. The van der Waals surface area contributed by atoms with Gasteiger partial charge in [0.25, 0.3) is 0 Å². The molecular weight excluding hydrogens is 416 g/mol. The van der Waals surface area contributed by atoms with Gasteiger partial charge in [-0.25, -0.2) is 8.78 Å². The Labute approximate surface area is 186 Å². The normalized spacial score (nSPS) is 20.2. The molecule has 0 aromatic heterocycles. The molecule has 8 heteroatoms. The van der Waals surface area contributed by atoms with E-state index in [2.05, 4.69) is 29.4 Å². The van der Waals surface area contributed by atoms with Gasteiger partial charge in [0, 0.05) is 37.3 Å². The molecule has 0 bridgehead atoms. The van der Waals surface area contributed by atoms with Crippen molar-refractivity contribution in [2.45, 2.75) is 51.4 Å². The highest BCUT2D eigenvalue weighted by molar-refractivity contribution is 5.82. The van der Waals surface area contributed by atoms with Crippen molar-refractivity contribution in [1.82, 2.24) is 15.5 Å². The number of nitrogens with zero attached hydrogens (tertiary/aromatic N) is 1. The van der Waals surface area contributed by atoms with Gasteiger partial charge in [0.05, 0.1) is 6.04 Å². The maximum Gasteiger partial charge on any atom is 0.237 e. The van der Waals surface area contributed by atoms with Crippen LogP contribution in [0.2, 0.25) is 0 Å². The average molecular weight is 446 g/mol. The molecule has 2 aliphatic heterocycles. The molecule has 2 aromatic carbocycles. The van der Waals surface area contributed by atoms with Crippen LogP contribution in [0.3, 0.4) is 0 Å². The smallest absolute Gasteiger partial charge is 0.237 e. The van der Waals surface area contributed by atoms with E-state index in [9.17, 15) is 13.6 Å². The number of likely N-dealkylation sites (tertiary alicyclic amines) is 1. The minimum Gasteiger partial charge on any atom is -0.454 e. The van der Waals surface area contributed by atoms with E-state index in [-0.39, 0.29) is 42.9 Å². The number of carbonyl (C=O) groups is 1. The zero-order valence-corrected chi connectivity index (χ0v) is 18.4. The first kappa shape index (κ1) is 22.5. The molecule has 0 aliphatic carbocycles. The molecule has 2 aliphatic rings. The number of amides is 1. The molecule has 0 saturated carbocycles. The van der Waals surface area contributed by atoms with Crippen LogP contribution in [0.1, 0.15) is 31.4 Å². The summed E-state index contributed by atoms with van der Waals surface area (Å²) in [5, 5.41) is 6.33. The van der Waals surface area contributed by atoms with E-state index in [1.165, 1.54) is 6.07 Å². The molecule has 1 fully saturated rings. The molecule has 172 valence electrons. The van der Waals surface area contributed by atoms with E-state index in [4.69, 9.17) is 9.47 Å². The average Bonchev–Trinajstić information content (AvgIpc) is 3.41. The molecule has 1 saturated heterocycles. The Balaban J connectivity index is 1.30. The van der Waals surface area contributed by atoms with Gasteiger partial charge in [0.1, 0.15) is 11.6 Å². The molecule has 2 heterocycles. The Morgan fingerprint density at radius 1 is 1.16 bits per heavy atom. The van der Waals surface area contributed by atoms with Gasteiger partial charge in [0.2, 0.25) is 12.7 Å². The fourth-order valence-corrected chi connectivity index (χ4v) is 4.31. The first-order valence-electron chi connectivity index (χ1n) is 11.0. The lowest BCUT2D eigenvalue weighted by Gasteiger charge is -2.27. The highest BCUT2D eigenvalue weighted by Gasteiger charge is 2.37. The van der Waals surface area contributed by atoms with Crippen LogP contribution in [0.25, 0.3) is 0 Å². The molecular formula is C24H29F2N3O3. The van der Waals surface area contributed by atoms with Gasteiger partial charge in [-0.15, -0.1) is 0 Å². The summed E-state index contributed by atoms with van der Waals surface area (Å²) in [5.41, 5.74) is 1.36. The maximum absolute atomic E-state index is 13.9. The summed E-state index contributed by atoms with van der Waals surface area (Å²) in [7, 11) is 0. The minimum atomic E-state index is -0.460. The van der Waals surface area contributed by atoms with Crippen LogP contribution in [0.4, 0.5) is 8.78 Å². The van der Waals surface area contributed by atoms with Gasteiger partial charge >= 0.3 is 0 Å². The standard InChI is InChI=1S/C24H29F2N3O3/c1-15(2)29-13-19(28-12-17-10-18(25)4-5-20(17)26)11-21(29)24(30)27-8-7-16-3-6-22-23(9-16)32-14-31-22/h3-6,9-10,15,19,21,28H,7-8,11-14H2,1-2H3,(H,27,30)/t19-,21-/m0/s1. The maximum atomic E-state index is 13.9. The molecule has 0 unspecified atom stereocenters. The molecule has 0 spiro atoms. The van der Waals surface area contributed by atoms with Crippen LogP contribution >= 0.6 is 0 Å². The Hall–Kier alpha value is -2.71. The first-order valence-corrected chi connectivity index (χ1v) is 11.0. The molecule has 32 heavy (non-hydrogen) atoms. The van der Waals surface area contributed by atoms with E-state index < -0.39 is 11.6 Å². The van der Waals surface area contributed by atoms with Crippen molar-refractivity contribution in [3.63, 3.8) is 0 Å². The second-order valence-corrected chi connectivity index (χ2v) is 8.58. The molecule has 2 N–H and O–H groups in total. The minimum absolute atomic E-state index is 0.0133. The first-order chi connectivity index (χ1) is 15.4. The summed E-state index contributed by atoms with van der Waals surface area (Å²) in [4.78, 5) is 15.1. The summed E-state index contributed by atoms with van der Waals surface area (Å²) in [5.74, 6) is 0.571. The number of benzene rings is 2. The van der Waals surface area contributed by atoms with E-state index in [1.807, 2.05) is 18.2 Å². The van der Waals surface area contributed by atoms with Crippen LogP contribution in [-0.4, -0.2) is 48.8 Å². The van der Waals surface area contributed by atoms with Gasteiger partial charge in [-0.05, 0) is 62.6 Å². The number of hydrogen-bond donors (Lipinski definition) is 2. The third-order valence-corrected chi connectivity index (χ3v) is 6.04. The van der Waals surface area contributed by atoms with Crippen molar-refractivity contribution in [1.29, 1.82) is 0 Å². The number of fused-ring (bicyclic) bond motifs is 1. The zero-order valence-electron chi connectivity index (χ0n) is 18.4. The van der Waals surface area contributed by atoms with Gasteiger partial charge < -0.3 is 20.1 Å². The predicted octanol–water partition coefficient (Wildman–Crippen LogP) is 2.99. The van der Waals surface area contributed by atoms with Crippen molar-refractivity contribution < 1.29 is 23.0 Å². The zero-order chi connectivity index (χ0) is 22.7. The number of ether oxygens (including phenoxy) is 2. The lowest BCUT2D eigenvalue weighted by Crippen LogP contribution is -2.46. The monoisotopic (exact) mass is 445 g/mol. The van der Waals surface area contributed by atoms with Gasteiger partial charge in [-0.2, -0.15) is 0 Å². The topological polar surface area (TPSA) is 62.8 Å². The fourth-order valence-electron chi connectivity index (χ4n) is 4.31. The lowest BCUT2D eigenvalue weighted by molar-refractivity contribution is -0.126. The van der Waals surface area contributed by atoms with Crippen LogP contribution in [0.5, 0.6) is 11.5 Å². The summed E-state index contributed by atoms with van der Waals surface area (Å²) < 4.78 is 38.1. The highest BCUT2D eigenvalue weighted by Crippen LogP contribution is 2.32. The number of nitrogens with one attached hydrogen (secondary N) is 2. The number of hydrogen-bond acceptors (Lipinski definition) is 5. The highest BCUT2D eigenvalue weighted by atomic mass is 19.1. The molecule has 0 radical (unpaired) electrons. The van der Waals surface area contributed by atoms with E-state index in [0.717, 1.165) is 29.2 Å². The summed E-state index contributed by atoms with van der Waals surface area (Å²) in [6.45, 7) is 5.77. The SMILES string of the molecule is CC(C)N1C[C@@H](NCc2cc(F)ccc2F)C[C@H]1C(=O)NCCc1ccc2c(c1)OCO2. The fraction of sp³-hybridized carbons (Fsp3) is 0.458. The van der Waals surface area contributed by atoms with Crippen LogP contribution in [0.15, 0.2) is 36.4 Å². The number of halogens is 2. The largest absolute Gasteiger partial charge is 0.454 e. The summed E-state index contributed by atoms with van der Waals surface area (Å²) in [6.07, 6.45) is 1.31. The van der Waals surface area contributed by atoms with E-state index in [0.29, 0.717) is 25.9 Å². The second-order valence-electron chi connectivity index (χ2n) is 8.58. The summed E-state index contributed by atoms with van der Waals surface area (Å²) >= 11 is 0. The molecule has 6 nitrogen and oxygen atoms in total. The lowest BCUT2D eigenvalue weighted by atomic mass is 10.1. The Kier molecular flexibility index (Phi) is 6.91. The van der Waals surface area contributed by atoms with Crippen molar-refractivity contribution in [2.24, 2.45) is 0 Å². The van der Waals surface area contributed by atoms with Crippen LogP contribution < -0.4 is 20.1 Å². The second kappa shape index (κ2) is 9.83. The Morgan fingerprint density at radius 3 is 2.78 bits per heavy atom. The van der Waals surface area contributed by atoms with Crippen molar-refractivity contribution >= 4 is 5.91 Å². The van der Waals surface area contributed by atoms with Gasteiger partial charge in [-0.3, -0.25) is 9.69 Å². The quantitative estimate of drug-likeness (QED) is 0.654. The predicted molar refractivity (Wildman–Crippen MR) is 117 cm³/mol. The molecule has 2 aromatic rings. The van der Waals surface area contributed by atoms with Crippen LogP contribution in [-0.2, 0) is 17.8 Å². The van der Waals surface area contributed by atoms with Gasteiger partial charge in [-0.1, -0.05) is 6.07 Å². The van der Waals surface area contributed by atoms with Crippen LogP contribution in [0, 0.1) is 11.6 Å². The molecule has 4 rings (SSSR count). The molecule has 1 amide bonds. The number of carbonyl (C=O) groups excluding carboxylic acids is 1. The van der Waals surface area contributed by atoms with Crippen molar-refractivity contribution in [3.8, 4) is 11.5 Å². The van der Waals surface area contributed by atoms with Gasteiger partial charge in [0.15, 0.2) is 11.5 Å². The number of rotatable bonds is 8. The van der Waals surface area contributed by atoms with Crippen molar-refractivity contribution in [2.75, 3.05) is 19.9 Å².